The molecule has 4 heterocycles. The molecule has 1 N–H and O–H groups in total. The first-order valence-corrected chi connectivity index (χ1v) is 8.22. The van der Waals surface area contributed by atoms with Crippen molar-refractivity contribution in [3.8, 4) is 0 Å². The summed E-state index contributed by atoms with van der Waals surface area (Å²) in [7, 11) is 1.85. The fourth-order valence-corrected chi connectivity index (χ4v) is 3.89. The van der Waals surface area contributed by atoms with Gasteiger partial charge in [-0.15, -0.1) is 11.7 Å². The van der Waals surface area contributed by atoms with Crippen molar-refractivity contribution in [3.63, 3.8) is 0 Å². The van der Waals surface area contributed by atoms with Gasteiger partial charge in [0.15, 0.2) is 0 Å². The van der Waals surface area contributed by atoms with Crippen LogP contribution in [0.5, 0.6) is 0 Å². The Hall–Kier alpha value is -1.73. The minimum Gasteiger partial charge on any atom is -0.390 e. The average molecular weight is 319 g/mol. The lowest BCUT2D eigenvalue weighted by molar-refractivity contribution is -0.142. The number of carbonyl (C=O) groups excluding carboxylic acids is 1. The number of fused-ring (bicyclic) bond motifs is 3. The van der Waals surface area contributed by atoms with E-state index in [1.54, 1.807) is 21.9 Å². The highest BCUT2D eigenvalue weighted by molar-refractivity contribution is 5.79. The highest BCUT2D eigenvalue weighted by atomic mass is 16.3. The zero-order valence-corrected chi connectivity index (χ0v) is 13.6. The number of amides is 1. The molecule has 3 aliphatic heterocycles. The van der Waals surface area contributed by atoms with Gasteiger partial charge in [-0.2, -0.15) is 0 Å². The molecule has 23 heavy (non-hydrogen) atoms. The summed E-state index contributed by atoms with van der Waals surface area (Å²) in [6.45, 7) is 6.88. The standard InChI is InChI=1S/C16H25N5O2/c1-3-5-19(2)16(23)15-10-20-6-4-12(15)7-14(20)9-21-8-13(11-22)17-18-21/h3,8,12,14-15,22H,1,4-7,9-11H2,2H3/t12-,14-,15+/m1/s1. The number of piperidine rings is 3. The van der Waals surface area contributed by atoms with Gasteiger partial charge in [-0.3, -0.25) is 14.4 Å². The molecule has 0 saturated carbocycles. The molecule has 3 fully saturated rings. The molecule has 126 valence electrons. The monoisotopic (exact) mass is 319 g/mol. The molecular formula is C16H25N5O2. The fraction of sp³-hybridized carbons (Fsp3) is 0.688. The van der Waals surface area contributed by atoms with Gasteiger partial charge in [0.25, 0.3) is 0 Å². The van der Waals surface area contributed by atoms with Crippen LogP contribution in [0.4, 0.5) is 0 Å². The third-order valence-electron chi connectivity index (χ3n) is 5.12. The van der Waals surface area contributed by atoms with Crippen molar-refractivity contribution < 1.29 is 9.90 Å². The molecule has 3 saturated heterocycles. The molecule has 1 unspecified atom stereocenters. The van der Waals surface area contributed by atoms with Crippen LogP contribution in [0.3, 0.4) is 0 Å². The first-order chi connectivity index (χ1) is 11.1. The molecule has 1 aromatic rings. The van der Waals surface area contributed by atoms with Crippen LogP contribution in [-0.4, -0.2) is 68.5 Å². The average Bonchev–Trinajstić information content (AvgIpc) is 3.02. The van der Waals surface area contributed by atoms with E-state index in [9.17, 15) is 4.79 Å². The molecule has 4 rings (SSSR count). The second-order valence-electron chi connectivity index (χ2n) is 6.64. The van der Waals surface area contributed by atoms with Crippen molar-refractivity contribution in [2.24, 2.45) is 11.8 Å². The largest absolute Gasteiger partial charge is 0.390 e. The maximum atomic E-state index is 12.6. The second-order valence-corrected chi connectivity index (χ2v) is 6.64. The number of aliphatic hydroxyl groups is 1. The molecule has 3 aliphatic rings. The van der Waals surface area contributed by atoms with Gasteiger partial charge in [-0.05, 0) is 25.3 Å². The Morgan fingerprint density at radius 3 is 3.04 bits per heavy atom. The molecule has 0 spiro atoms. The van der Waals surface area contributed by atoms with Crippen LogP contribution in [0, 0.1) is 11.8 Å². The van der Waals surface area contributed by atoms with E-state index in [4.69, 9.17) is 5.11 Å². The van der Waals surface area contributed by atoms with Crippen molar-refractivity contribution in [2.45, 2.75) is 32.0 Å². The Bertz CT molecular complexity index is 573. The number of aliphatic hydroxyl groups excluding tert-OH is 1. The van der Waals surface area contributed by atoms with Crippen LogP contribution in [-0.2, 0) is 17.9 Å². The lowest BCUT2D eigenvalue weighted by atomic mass is 9.75. The number of aromatic nitrogens is 3. The van der Waals surface area contributed by atoms with Crippen molar-refractivity contribution in [1.82, 2.24) is 24.8 Å². The molecule has 7 nitrogen and oxygen atoms in total. The number of likely N-dealkylation sites (N-methyl/N-ethyl adjacent to an activating group) is 1. The van der Waals surface area contributed by atoms with Gasteiger partial charge in [-0.1, -0.05) is 11.3 Å². The van der Waals surface area contributed by atoms with Gasteiger partial charge in [0, 0.05) is 26.2 Å². The predicted molar refractivity (Wildman–Crippen MR) is 85.4 cm³/mol. The van der Waals surface area contributed by atoms with E-state index in [0.29, 0.717) is 24.2 Å². The van der Waals surface area contributed by atoms with Gasteiger partial charge < -0.3 is 10.0 Å². The summed E-state index contributed by atoms with van der Waals surface area (Å²) in [5, 5.41) is 17.1. The van der Waals surface area contributed by atoms with Crippen LogP contribution in [0.15, 0.2) is 18.9 Å². The predicted octanol–water partition coefficient (Wildman–Crippen LogP) is 0.125. The summed E-state index contributed by atoms with van der Waals surface area (Å²) >= 11 is 0. The summed E-state index contributed by atoms with van der Waals surface area (Å²) in [6.07, 6.45) is 5.68. The van der Waals surface area contributed by atoms with Gasteiger partial charge >= 0.3 is 0 Å². The Morgan fingerprint density at radius 1 is 1.61 bits per heavy atom. The van der Waals surface area contributed by atoms with Crippen molar-refractivity contribution in [2.75, 3.05) is 26.7 Å². The quantitative estimate of drug-likeness (QED) is 0.754. The van der Waals surface area contributed by atoms with Gasteiger partial charge in [0.05, 0.1) is 25.3 Å². The van der Waals surface area contributed by atoms with Crippen LogP contribution in [0.25, 0.3) is 0 Å². The third kappa shape index (κ3) is 3.30. The molecule has 0 aliphatic carbocycles. The molecular weight excluding hydrogens is 294 g/mol. The van der Waals surface area contributed by atoms with Crippen LogP contribution in [0.1, 0.15) is 18.5 Å². The molecule has 1 aromatic heterocycles. The van der Waals surface area contributed by atoms with E-state index in [0.717, 1.165) is 32.5 Å². The molecule has 2 bridgehead atoms. The number of carbonyl (C=O) groups is 1. The van der Waals surface area contributed by atoms with E-state index < -0.39 is 0 Å². The molecule has 0 radical (unpaired) electrons. The third-order valence-corrected chi connectivity index (χ3v) is 5.12. The van der Waals surface area contributed by atoms with Crippen LogP contribution < -0.4 is 0 Å². The van der Waals surface area contributed by atoms with Crippen LogP contribution >= 0.6 is 0 Å². The summed E-state index contributed by atoms with van der Waals surface area (Å²) in [4.78, 5) is 16.8. The van der Waals surface area contributed by atoms with Crippen LogP contribution in [0.2, 0.25) is 0 Å². The zero-order valence-electron chi connectivity index (χ0n) is 13.6. The summed E-state index contributed by atoms with van der Waals surface area (Å²) in [5.74, 6) is 0.792. The summed E-state index contributed by atoms with van der Waals surface area (Å²) in [5.41, 5.74) is 0.597. The van der Waals surface area contributed by atoms with E-state index >= 15 is 0 Å². The van der Waals surface area contributed by atoms with Gasteiger partial charge in [0.2, 0.25) is 5.91 Å². The lowest BCUT2D eigenvalue weighted by Crippen LogP contribution is -2.58. The number of hydrogen-bond acceptors (Lipinski definition) is 5. The van der Waals surface area contributed by atoms with Crippen molar-refractivity contribution in [1.29, 1.82) is 0 Å². The van der Waals surface area contributed by atoms with Gasteiger partial charge in [0.1, 0.15) is 5.69 Å². The topological polar surface area (TPSA) is 74.5 Å². The minimum atomic E-state index is -0.0801. The normalized spacial score (nSPS) is 29.5. The molecule has 7 heteroatoms. The summed E-state index contributed by atoms with van der Waals surface area (Å²) in [6, 6.07) is 0.399. The summed E-state index contributed by atoms with van der Waals surface area (Å²) < 4.78 is 1.80. The maximum Gasteiger partial charge on any atom is 0.227 e. The Balaban J connectivity index is 1.62. The Labute approximate surface area is 136 Å². The Kier molecular flexibility index (Phi) is 4.77. The van der Waals surface area contributed by atoms with Gasteiger partial charge in [-0.25, -0.2) is 0 Å². The maximum absolute atomic E-state index is 12.6. The molecule has 4 atom stereocenters. The first-order valence-electron chi connectivity index (χ1n) is 8.22. The van der Waals surface area contributed by atoms with E-state index in [2.05, 4.69) is 21.8 Å². The second kappa shape index (κ2) is 6.80. The minimum absolute atomic E-state index is 0.0801. The van der Waals surface area contributed by atoms with E-state index in [1.165, 1.54) is 0 Å². The highest BCUT2D eigenvalue weighted by Crippen LogP contribution is 2.37. The van der Waals surface area contributed by atoms with Crippen molar-refractivity contribution in [3.05, 3.63) is 24.5 Å². The van der Waals surface area contributed by atoms with E-state index in [-0.39, 0.29) is 18.4 Å². The highest BCUT2D eigenvalue weighted by Gasteiger charge is 2.43. The lowest BCUT2D eigenvalue weighted by Gasteiger charge is -2.49. The number of rotatable bonds is 6. The number of nitrogens with zero attached hydrogens (tertiary/aromatic N) is 5. The SMILES string of the molecule is C=CCN(C)C(=O)[C@H]1CN2CC[C@@H]1C[C@@H]2Cn1cc(CO)nn1. The molecule has 0 aromatic carbocycles. The molecule has 1 amide bonds. The van der Waals surface area contributed by atoms with E-state index in [1.807, 2.05) is 7.05 Å². The zero-order chi connectivity index (χ0) is 16.4. The number of hydrogen-bond donors (Lipinski definition) is 1. The Morgan fingerprint density at radius 2 is 2.43 bits per heavy atom. The smallest absolute Gasteiger partial charge is 0.227 e. The van der Waals surface area contributed by atoms with Crippen molar-refractivity contribution >= 4 is 5.91 Å². The first kappa shape index (κ1) is 16.1. The fourth-order valence-electron chi connectivity index (χ4n) is 3.89.